The van der Waals surface area contributed by atoms with Crippen LogP contribution in [0.5, 0.6) is 5.75 Å². The molecule has 150 valence electrons. The Morgan fingerprint density at radius 2 is 2.14 bits per heavy atom. The normalized spacial score (nSPS) is 11.0. The Morgan fingerprint density at radius 1 is 1.28 bits per heavy atom. The largest absolute Gasteiger partial charge is 0.482 e. The van der Waals surface area contributed by atoms with Crippen molar-refractivity contribution in [3.05, 3.63) is 68.4 Å². The summed E-state index contributed by atoms with van der Waals surface area (Å²) >= 11 is 16.3. The summed E-state index contributed by atoms with van der Waals surface area (Å²) in [4.78, 5) is 11.9. The van der Waals surface area contributed by atoms with Crippen molar-refractivity contribution in [3.63, 3.8) is 0 Å². The average Bonchev–Trinajstić information content (AvgIpc) is 3.14. The summed E-state index contributed by atoms with van der Waals surface area (Å²) < 4.78 is 11.9. The van der Waals surface area contributed by atoms with Crippen LogP contribution < -0.4 is 10.2 Å². The molecule has 2 aromatic carbocycles. The van der Waals surface area contributed by atoms with E-state index in [0.29, 0.717) is 15.8 Å². The molecular formula is C18H13BrCl2N4O3S. The van der Waals surface area contributed by atoms with Crippen molar-refractivity contribution >= 4 is 63.0 Å². The minimum absolute atomic E-state index is 0.0397. The Labute approximate surface area is 188 Å². The van der Waals surface area contributed by atoms with Crippen molar-refractivity contribution in [3.8, 4) is 5.75 Å². The number of nitrogens with one attached hydrogen (secondary N) is 1. The van der Waals surface area contributed by atoms with E-state index in [4.69, 9.17) is 32.4 Å². The number of hydrazone groups is 1. The van der Waals surface area contributed by atoms with Gasteiger partial charge in [-0.2, -0.15) is 5.10 Å². The maximum atomic E-state index is 11.9. The lowest BCUT2D eigenvalue weighted by atomic mass is 10.2. The Kier molecular flexibility index (Phi) is 7.93. The zero-order valence-corrected chi connectivity index (χ0v) is 18.6. The number of nitrogens with zero attached hydrogens (tertiary/aromatic N) is 3. The number of aromatic nitrogens is 2. The van der Waals surface area contributed by atoms with Gasteiger partial charge in [0.25, 0.3) is 17.0 Å². The molecule has 1 aromatic heterocycles. The van der Waals surface area contributed by atoms with E-state index >= 15 is 0 Å². The Hall–Kier alpha value is -2.07. The highest BCUT2D eigenvalue weighted by atomic mass is 79.9. The first-order valence-corrected chi connectivity index (χ1v) is 10.6. The number of ether oxygens (including phenoxy) is 1. The summed E-state index contributed by atoms with van der Waals surface area (Å²) in [6.07, 6.45) is 1.55. The second kappa shape index (κ2) is 10.6. The summed E-state index contributed by atoms with van der Waals surface area (Å²) in [5.74, 6) is 0.476. The summed E-state index contributed by atoms with van der Waals surface area (Å²) in [6, 6.07) is 12.4. The molecule has 3 aromatic rings. The van der Waals surface area contributed by atoms with Crippen molar-refractivity contribution in [2.75, 3.05) is 5.75 Å². The number of amides is 1. The fraction of sp³-hybridized carbons (Fsp3) is 0.111. The summed E-state index contributed by atoms with van der Waals surface area (Å²) in [5.41, 5.74) is 3.30. The van der Waals surface area contributed by atoms with Crippen LogP contribution in [0.15, 0.2) is 61.7 Å². The highest BCUT2D eigenvalue weighted by molar-refractivity contribution is 9.10. The van der Waals surface area contributed by atoms with E-state index in [2.05, 4.69) is 36.7 Å². The molecule has 11 heteroatoms. The monoisotopic (exact) mass is 514 g/mol. The molecule has 1 N–H and O–H groups in total. The predicted octanol–water partition coefficient (Wildman–Crippen LogP) is 4.96. The summed E-state index contributed by atoms with van der Waals surface area (Å²) in [6.45, 7) is 0.0397. The number of rotatable bonds is 8. The molecule has 1 heterocycles. The lowest BCUT2D eigenvalue weighted by molar-refractivity contribution is -0.118. The Morgan fingerprint density at radius 3 is 2.93 bits per heavy atom. The van der Waals surface area contributed by atoms with Crippen molar-refractivity contribution in [1.29, 1.82) is 0 Å². The number of hydrogen-bond acceptors (Lipinski definition) is 7. The molecule has 0 fully saturated rings. The Balaban J connectivity index is 1.43. The highest BCUT2D eigenvalue weighted by Crippen LogP contribution is 2.28. The van der Waals surface area contributed by atoms with Crippen LogP contribution in [0.25, 0.3) is 0 Å². The molecule has 1 amide bonds. The number of carbonyl (C=O) groups excluding carboxylic acids is 1. The van der Waals surface area contributed by atoms with Gasteiger partial charge in [0.2, 0.25) is 0 Å². The molecule has 0 saturated carbocycles. The van der Waals surface area contributed by atoms with Crippen molar-refractivity contribution in [2.24, 2.45) is 5.10 Å². The molecule has 0 unspecified atom stereocenters. The predicted molar refractivity (Wildman–Crippen MR) is 116 cm³/mol. The van der Waals surface area contributed by atoms with Gasteiger partial charge in [-0.1, -0.05) is 63.0 Å². The van der Waals surface area contributed by atoms with Crippen LogP contribution in [-0.4, -0.2) is 28.1 Å². The van der Waals surface area contributed by atoms with Crippen LogP contribution in [0, 0.1) is 0 Å². The van der Waals surface area contributed by atoms with Crippen LogP contribution in [0.4, 0.5) is 0 Å². The van der Waals surface area contributed by atoms with Crippen LogP contribution in [0.1, 0.15) is 11.5 Å². The minimum atomic E-state index is -0.301. The molecular weight excluding hydrogens is 503 g/mol. The van der Waals surface area contributed by atoms with Crippen LogP contribution in [0.3, 0.4) is 0 Å². The molecule has 7 nitrogen and oxygen atoms in total. The molecule has 0 radical (unpaired) electrons. The van der Waals surface area contributed by atoms with E-state index in [-0.39, 0.29) is 29.4 Å². The third-order valence-electron chi connectivity index (χ3n) is 3.27. The van der Waals surface area contributed by atoms with Crippen LogP contribution in [-0.2, 0) is 11.4 Å². The zero-order chi connectivity index (χ0) is 20.6. The number of halogens is 3. The van der Waals surface area contributed by atoms with Gasteiger partial charge < -0.3 is 9.15 Å². The molecule has 0 aliphatic heterocycles. The average molecular weight is 516 g/mol. The highest BCUT2D eigenvalue weighted by Gasteiger charge is 2.11. The third kappa shape index (κ3) is 7.04. The molecule has 3 rings (SSSR count). The van der Waals surface area contributed by atoms with Gasteiger partial charge in [0, 0.05) is 9.50 Å². The maximum absolute atomic E-state index is 11.9. The van der Waals surface area contributed by atoms with Crippen molar-refractivity contribution < 1.29 is 13.9 Å². The summed E-state index contributed by atoms with van der Waals surface area (Å²) in [5, 5.41) is 12.8. The molecule has 0 aliphatic rings. The van der Waals surface area contributed by atoms with Gasteiger partial charge >= 0.3 is 0 Å². The fourth-order valence-electron chi connectivity index (χ4n) is 2.01. The van der Waals surface area contributed by atoms with Crippen LogP contribution >= 0.6 is 50.9 Å². The van der Waals surface area contributed by atoms with Gasteiger partial charge in [0.05, 0.1) is 17.0 Å². The van der Waals surface area contributed by atoms with Gasteiger partial charge in [-0.3, -0.25) is 4.79 Å². The van der Waals surface area contributed by atoms with Gasteiger partial charge in [-0.25, -0.2) is 5.43 Å². The van der Waals surface area contributed by atoms with E-state index in [0.717, 1.165) is 21.8 Å². The van der Waals surface area contributed by atoms with E-state index in [9.17, 15) is 4.79 Å². The minimum Gasteiger partial charge on any atom is -0.482 e. The molecule has 0 spiro atoms. The lowest BCUT2D eigenvalue weighted by Crippen LogP contribution is -2.19. The van der Waals surface area contributed by atoms with Crippen molar-refractivity contribution in [1.82, 2.24) is 15.6 Å². The second-order valence-electron chi connectivity index (χ2n) is 5.46. The molecule has 0 bridgehead atoms. The number of benzene rings is 2. The first kappa shape index (κ1) is 21.6. The number of thioether (sulfide) groups is 1. The molecule has 29 heavy (non-hydrogen) atoms. The van der Waals surface area contributed by atoms with Gasteiger partial charge in [0.15, 0.2) is 6.61 Å². The maximum Gasteiger partial charge on any atom is 0.277 e. The standard InChI is InChI=1S/C18H13BrCl2N4O3S/c19-12-3-1-2-11(6-12)8-22-23-16(26)10-29-18-25-24-17(28-18)9-27-15-5-4-13(20)7-14(15)21/h1-8H,9-10H2,(H,23,26)/b22-8-. The summed E-state index contributed by atoms with van der Waals surface area (Å²) in [7, 11) is 0. The van der Waals surface area contributed by atoms with Gasteiger partial charge in [0.1, 0.15) is 5.75 Å². The van der Waals surface area contributed by atoms with Crippen LogP contribution in [0.2, 0.25) is 10.0 Å². The molecule has 0 saturated heterocycles. The van der Waals surface area contributed by atoms with Gasteiger partial charge in [-0.05, 0) is 35.9 Å². The lowest BCUT2D eigenvalue weighted by Gasteiger charge is -2.05. The topological polar surface area (TPSA) is 89.6 Å². The van der Waals surface area contributed by atoms with E-state index < -0.39 is 0 Å². The first-order valence-electron chi connectivity index (χ1n) is 8.10. The van der Waals surface area contributed by atoms with Crippen molar-refractivity contribution in [2.45, 2.75) is 11.8 Å². The second-order valence-corrected chi connectivity index (χ2v) is 8.15. The molecule has 0 atom stereocenters. The molecule has 0 aliphatic carbocycles. The fourth-order valence-corrected chi connectivity index (χ4v) is 3.46. The smallest absolute Gasteiger partial charge is 0.277 e. The SMILES string of the molecule is O=C(CSc1nnc(COc2ccc(Cl)cc2Cl)o1)N/N=C\c1cccc(Br)c1. The first-order chi connectivity index (χ1) is 14.0. The third-order valence-corrected chi connectivity index (χ3v) is 5.11. The number of hydrogen-bond donors (Lipinski definition) is 1. The quantitative estimate of drug-likeness (QED) is 0.259. The van der Waals surface area contributed by atoms with E-state index in [1.165, 1.54) is 0 Å². The van der Waals surface area contributed by atoms with E-state index in [1.54, 1.807) is 24.4 Å². The Bertz CT molecular complexity index is 1030. The zero-order valence-electron chi connectivity index (χ0n) is 14.6. The number of carbonyl (C=O) groups is 1. The van der Waals surface area contributed by atoms with E-state index in [1.807, 2.05) is 24.3 Å². The van der Waals surface area contributed by atoms with Gasteiger partial charge in [-0.15, -0.1) is 10.2 Å².